The average Bonchev–Trinajstić information content (AvgIpc) is 3.64. The fourth-order valence-electron chi connectivity index (χ4n) is 7.29. The Morgan fingerprint density at radius 3 is 2.45 bits per heavy atom. The summed E-state index contributed by atoms with van der Waals surface area (Å²) in [5.41, 5.74) is 1.94. The van der Waals surface area contributed by atoms with Crippen LogP contribution in [0.25, 0.3) is 0 Å². The fourth-order valence-corrected chi connectivity index (χ4v) is 7.85. The first-order valence-corrected chi connectivity index (χ1v) is 15.4. The van der Waals surface area contributed by atoms with E-state index in [1.165, 1.54) is 0 Å². The molecule has 12 heteroatoms. The number of nitrogens with one attached hydrogen (secondary N) is 2. The van der Waals surface area contributed by atoms with E-state index in [1.54, 1.807) is 5.06 Å². The Balaban J connectivity index is 1.20. The van der Waals surface area contributed by atoms with Crippen LogP contribution >= 0.6 is 22.6 Å². The molecule has 4 fully saturated rings. The molecule has 222 valence electrons. The van der Waals surface area contributed by atoms with E-state index >= 15 is 0 Å². The third-order valence-corrected chi connectivity index (χ3v) is 10.1. The number of fused-ring (bicyclic) bond motifs is 5. The molecule has 6 atom stereocenters. The Hall–Kier alpha value is -2.62. The van der Waals surface area contributed by atoms with Crippen LogP contribution in [0.1, 0.15) is 29.5 Å². The zero-order valence-electron chi connectivity index (χ0n) is 22.8. The lowest BCUT2D eigenvalue weighted by atomic mass is 9.62. The largest absolute Gasteiger partial charge is 0.458 e. The van der Waals surface area contributed by atoms with Crippen molar-refractivity contribution in [1.29, 1.82) is 0 Å². The van der Waals surface area contributed by atoms with Crippen LogP contribution < -0.4 is 10.6 Å². The Labute approximate surface area is 256 Å². The van der Waals surface area contributed by atoms with Gasteiger partial charge in [-0.25, -0.2) is 0 Å². The van der Waals surface area contributed by atoms with Crippen molar-refractivity contribution in [2.45, 2.75) is 68.5 Å². The number of hydrogen-bond donors (Lipinski definition) is 3. The fraction of sp³-hybridized carbons (Fsp3) is 0.500. The van der Waals surface area contributed by atoms with Crippen LogP contribution in [0.4, 0.5) is 0 Å². The number of aliphatic hydroxyl groups excluding tert-OH is 1. The molecule has 11 nitrogen and oxygen atoms in total. The lowest BCUT2D eigenvalue weighted by molar-refractivity contribution is -0.217. The summed E-state index contributed by atoms with van der Waals surface area (Å²) in [6.45, 7) is 0.312. The van der Waals surface area contributed by atoms with E-state index < -0.39 is 47.6 Å². The molecule has 3 heterocycles. The first kappa shape index (κ1) is 28.2. The number of aliphatic hydroxyl groups is 1. The van der Waals surface area contributed by atoms with Gasteiger partial charge in [-0.2, -0.15) is 5.06 Å². The molecule has 7 rings (SSSR count). The summed E-state index contributed by atoms with van der Waals surface area (Å²) in [6.07, 6.45) is -1.36. The molecule has 2 aliphatic carbocycles. The van der Waals surface area contributed by atoms with Gasteiger partial charge in [-0.3, -0.25) is 19.2 Å². The number of carbonyl (C=O) groups is 3. The minimum atomic E-state index is -1.30. The predicted molar refractivity (Wildman–Crippen MR) is 154 cm³/mol. The molecule has 2 bridgehead atoms. The molecule has 3 N–H and O–H groups in total. The molecule has 2 aromatic carbocycles. The molecule has 2 aromatic rings. The van der Waals surface area contributed by atoms with Crippen molar-refractivity contribution in [3.63, 3.8) is 0 Å². The minimum absolute atomic E-state index is 0.0326. The molecule has 2 amide bonds. The van der Waals surface area contributed by atoms with Crippen molar-refractivity contribution in [3.05, 3.63) is 68.8 Å². The van der Waals surface area contributed by atoms with E-state index in [9.17, 15) is 14.4 Å². The zero-order valence-corrected chi connectivity index (χ0v) is 25.0. The van der Waals surface area contributed by atoms with Crippen LogP contribution in [0, 0.1) is 8.99 Å². The Kier molecular flexibility index (Phi) is 7.26. The lowest BCUT2D eigenvalue weighted by Crippen LogP contribution is -2.69. The maximum absolute atomic E-state index is 14.2. The minimum Gasteiger partial charge on any atom is -0.458 e. The number of halogens is 1. The Morgan fingerprint density at radius 2 is 1.71 bits per heavy atom. The van der Waals surface area contributed by atoms with Gasteiger partial charge in [0.1, 0.15) is 29.8 Å². The van der Waals surface area contributed by atoms with Gasteiger partial charge in [0.25, 0.3) is 0 Å². The van der Waals surface area contributed by atoms with Gasteiger partial charge < -0.3 is 30.0 Å². The maximum Gasteiger partial charge on any atom is 0.327 e. The highest BCUT2D eigenvalue weighted by Crippen LogP contribution is 2.58. The number of esters is 1. The predicted octanol–water partition coefficient (Wildman–Crippen LogP) is 0.985. The third kappa shape index (κ3) is 4.54. The molecular formula is C30H32IN3O8. The summed E-state index contributed by atoms with van der Waals surface area (Å²) in [7, 11) is 0. The lowest BCUT2D eigenvalue weighted by Gasteiger charge is -2.48. The molecular weight excluding hydrogens is 657 g/mol. The summed E-state index contributed by atoms with van der Waals surface area (Å²) >= 11 is 2.24. The number of carbonyl (C=O) groups excluding carboxylic acids is 3. The van der Waals surface area contributed by atoms with Gasteiger partial charge in [-0.05, 0) is 45.3 Å². The van der Waals surface area contributed by atoms with E-state index in [0.717, 1.165) is 20.3 Å². The number of hydroxylamine groups is 2. The number of rotatable bonds is 8. The number of ether oxygens (including phenoxy) is 3. The van der Waals surface area contributed by atoms with Crippen LogP contribution in [0.2, 0.25) is 0 Å². The normalized spacial score (nSPS) is 31.9. The van der Waals surface area contributed by atoms with Crippen molar-refractivity contribution < 1.29 is 38.5 Å². The monoisotopic (exact) mass is 689 g/mol. The van der Waals surface area contributed by atoms with Crippen LogP contribution in [0.3, 0.4) is 0 Å². The van der Waals surface area contributed by atoms with Gasteiger partial charge in [0.05, 0.1) is 13.2 Å². The van der Waals surface area contributed by atoms with Gasteiger partial charge in [-0.15, -0.1) is 0 Å². The zero-order chi connectivity index (χ0) is 29.1. The topological polar surface area (TPSA) is 136 Å². The molecule has 5 aliphatic rings. The van der Waals surface area contributed by atoms with E-state index in [4.69, 9.17) is 24.2 Å². The second-order valence-corrected chi connectivity index (χ2v) is 12.8. The van der Waals surface area contributed by atoms with Crippen molar-refractivity contribution in [1.82, 2.24) is 15.7 Å². The summed E-state index contributed by atoms with van der Waals surface area (Å²) < 4.78 is 20.4. The van der Waals surface area contributed by atoms with Crippen molar-refractivity contribution in [2.24, 2.45) is 5.41 Å². The standard InChI is InChI=1S/C30H32IN3O8/c31-20-8-4-3-7-19(20)16-34-25-27(37)39-21-15-30(25,28(38)33-10-9-22(36)32-11-12-35)26(42-34)24-23(21)40-29(41-24)13-17-5-1-2-6-18(17)14-29/h1-8,21,23-26,35H,9-16H2,(H,32,36)(H,33,38)/t21-,23+,24+,25+,26-,30+/m1/s1. The summed E-state index contributed by atoms with van der Waals surface area (Å²) in [6, 6.07) is 14.9. The number of amides is 2. The quantitative estimate of drug-likeness (QED) is 0.274. The third-order valence-electron chi connectivity index (χ3n) is 9.07. The maximum atomic E-state index is 14.2. The summed E-state index contributed by atoms with van der Waals surface area (Å²) in [5.74, 6) is -2.13. The molecule has 3 aliphatic heterocycles. The van der Waals surface area contributed by atoms with E-state index in [1.807, 2.05) is 36.4 Å². The van der Waals surface area contributed by atoms with Crippen LogP contribution in [-0.2, 0) is 52.8 Å². The summed E-state index contributed by atoms with van der Waals surface area (Å²) in [5, 5.41) is 16.0. The van der Waals surface area contributed by atoms with Crippen LogP contribution in [0.15, 0.2) is 48.5 Å². The Bertz CT molecular complexity index is 1400. The van der Waals surface area contributed by atoms with E-state index in [2.05, 4.69) is 45.4 Å². The second kappa shape index (κ2) is 10.8. The average molecular weight is 690 g/mol. The first-order valence-electron chi connectivity index (χ1n) is 14.3. The molecule has 42 heavy (non-hydrogen) atoms. The first-order chi connectivity index (χ1) is 20.3. The molecule has 3 saturated heterocycles. The number of benzene rings is 2. The molecule has 0 radical (unpaired) electrons. The molecule has 1 spiro atoms. The number of hydrogen-bond acceptors (Lipinski definition) is 9. The van der Waals surface area contributed by atoms with Gasteiger partial charge in [-0.1, -0.05) is 42.5 Å². The van der Waals surface area contributed by atoms with Crippen LogP contribution in [-0.4, -0.2) is 83.9 Å². The summed E-state index contributed by atoms with van der Waals surface area (Å²) in [4.78, 5) is 46.6. The van der Waals surface area contributed by atoms with Crippen molar-refractivity contribution in [2.75, 3.05) is 19.7 Å². The smallest absolute Gasteiger partial charge is 0.327 e. The van der Waals surface area contributed by atoms with Crippen molar-refractivity contribution in [3.8, 4) is 0 Å². The van der Waals surface area contributed by atoms with Crippen LogP contribution in [0.5, 0.6) is 0 Å². The molecule has 1 saturated carbocycles. The van der Waals surface area contributed by atoms with Gasteiger partial charge in [0.15, 0.2) is 11.8 Å². The number of nitrogens with zero attached hydrogens (tertiary/aromatic N) is 1. The van der Waals surface area contributed by atoms with Gasteiger partial charge in [0, 0.05) is 42.3 Å². The Morgan fingerprint density at radius 1 is 1.00 bits per heavy atom. The van der Waals surface area contributed by atoms with E-state index in [0.29, 0.717) is 12.8 Å². The van der Waals surface area contributed by atoms with Gasteiger partial charge in [0.2, 0.25) is 11.8 Å². The van der Waals surface area contributed by atoms with Crippen molar-refractivity contribution >= 4 is 40.4 Å². The highest BCUT2D eigenvalue weighted by Gasteiger charge is 2.76. The second-order valence-electron chi connectivity index (χ2n) is 11.6. The SMILES string of the molecule is O=C(CCNC(=O)[C@@]12C[C@H]3OC(=O)[C@@H]1N(Cc1ccccc1I)O[C@@H]2[C@H]1OC2(Cc4ccccc4C2)O[C@H]13)NCCO. The highest BCUT2D eigenvalue weighted by molar-refractivity contribution is 14.1. The molecule has 0 unspecified atom stereocenters. The molecule has 0 aromatic heterocycles. The van der Waals surface area contributed by atoms with Gasteiger partial charge >= 0.3 is 5.97 Å². The highest BCUT2D eigenvalue weighted by atomic mass is 127. The van der Waals surface area contributed by atoms with E-state index in [-0.39, 0.29) is 50.9 Å².